The van der Waals surface area contributed by atoms with Crippen LogP contribution in [0.4, 0.5) is 10.1 Å². The molecule has 0 amide bonds. The van der Waals surface area contributed by atoms with Crippen LogP contribution < -0.4 is 5.32 Å². The van der Waals surface area contributed by atoms with Gasteiger partial charge in [0, 0.05) is 24.1 Å². The Kier molecular flexibility index (Phi) is 3.38. The molecule has 0 saturated carbocycles. The van der Waals surface area contributed by atoms with Crippen molar-refractivity contribution < 1.29 is 4.39 Å². The van der Waals surface area contributed by atoms with Crippen LogP contribution in [0.5, 0.6) is 0 Å². The van der Waals surface area contributed by atoms with Gasteiger partial charge in [-0.3, -0.25) is 4.98 Å². The van der Waals surface area contributed by atoms with Crippen LogP contribution in [0.2, 0.25) is 0 Å². The summed E-state index contributed by atoms with van der Waals surface area (Å²) in [5, 5.41) is 3.21. The molecule has 2 rings (SSSR count). The first-order valence-corrected chi connectivity index (χ1v) is 5.57. The number of halogens is 1. The Morgan fingerprint density at radius 1 is 1.18 bits per heavy atom. The summed E-state index contributed by atoms with van der Waals surface area (Å²) in [6, 6.07) is 8.73. The van der Waals surface area contributed by atoms with Gasteiger partial charge in [-0.2, -0.15) is 0 Å². The standard InChI is InChI=1S/C14H15FN2/c1-10-3-6-13(15)7-14(10)17-9-12-5-4-11(2)16-8-12/h3-8,17H,9H2,1-2H3. The molecule has 0 unspecified atom stereocenters. The smallest absolute Gasteiger partial charge is 0.125 e. The first-order valence-electron chi connectivity index (χ1n) is 5.57. The van der Waals surface area contributed by atoms with Gasteiger partial charge in [-0.1, -0.05) is 12.1 Å². The lowest BCUT2D eigenvalue weighted by molar-refractivity contribution is 0.628. The van der Waals surface area contributed by atoms with Gasteiger partial charge in [-0.05, 0) is 43.2 Å². The maximum absolute atomic E-state index is 13.1. The van der Waals surface area contributed by atoms with Gasteiger partial charge in [0.2, 0.25) is 0 Å². The first-order chi connectivity index (χ1) is 8.15. The molecule has 1 aromatic heterocycles. The molecule has 0 fully saturated rings. The minimum Gasteiger partial charge on any atom is -0.381 e. The number of nitrogens with zero attached hydrogens (tertiary/aromatic N) is 1. The summed E-state index contributed by atoms with van der Waals surface area (Å²) >= 11 is 0. The summed E-state index contributed by atoms with van der Waals surface area (Å²) in [7, 11) is 0. The zero-order valence-corrected chi connectivity index (χ0v) is 10.00. The third-order valence-corrected chi connectivity index (χ3v) is 2.66. The van der Waals surface area contributed by atoms with E-state index in [-0.39, 0.29) is 5.82 Å². The van der Waals surface area contributed by atoms with Crippen LogP contribution in [-0.4, -0.2) is 4.98 Å². The summed E-state index contributed by atoms with van der Waals surface area (Å²) in [5.74, 6) is -0.222. The van der Waals surface area contributed by atoms with E-state index in [2.05, 4.69) is 10.3 Å². The van der Waals surface area contributed by atoms with E-state index in [1.54, 1.807) is 6.07 Å². The van der Waals surface area contributed by atoms with Crippen LogP contribution >= 0.6 is 0 Å². The minimum atomic E-state index is -0.222. The van der Waals surface area contributed by atoms with Crippen molar-refractivity contribution in [3.63, 3.8) is 0 Å². The van der Waals surface area contributed by atoms with E-state index in [0.717, 1.165) is 22.5 Å². The number of anilines is 1. The fraction of sp³-hybridized carbons (Fsp3) is 0.214. The Balaban J connectivity index is 2.07. The molecular weight excluding hydrogens is 215 g/mol. The van der Waals surface area contributed by atoms with Gasteiger partial charge in [0.25, 0.3) is 0 Å². The highest BCUT2D eigenvalue weighted by Crippen LogP contribution is 2.16. The number of pyridine rings is 1. The molecular formula is C14H15FN2. The lowest BCUT2D eigenvalue weighted by atomic mass is 10.2. The Morgan fingerprint density at radius 3 is 2.71 bits per heavy atom. The van der Waals surface area contributed by atoms with Crippen molar-refractivity contribution in [3.05, 3.63) is 59.2 Å². The summed E-state index contributed by atoms with van der Waals surface area (Å²) in [4.78, 5) is 4.22. The number of hydrogen-bond acceptors (Lipinski definition) is 2. The normalized spacial score (nSPS) is 10.3. The molecule has 0 aliphatic rings. The maximum Gasteiger partial charge on any atom is 0.125 e. The summed E-state index contributed by atoms with van der Waals surface area (Å²) in [6.07, 6.45) is 1.83. The van der Waals surface area contributed by atoms with Crippen molar-refractivity contribution in [3.8, 4) is 0 Å². The molecule has 2 nitrogen and oxygen atoms in total. The molecule has 0 aliphatic heterocycles. The number of aryl methyl sites for hydroxylation is 2. The lowest BCUT2D eigenvalue weighted by Gasteiger charge is -2.09. The largest absolute Gasteiger partial charge is 0.381 e. The molecule has 0 radical (unpaired) electrons. The van der Waals surface area contributed by atoms with Crippen molar-refractivity contribution in [1.82, 2.24) is 4.98 Å². The average molecular weight is 230 g/mol. The second kappa shape index (κ2) is 4.95. The molecule has 0 saturated heterocycles. The maximum atomic E-state index is 13.1. The zero-order valence-electron chi connectivity index (χ0n) is 10.00. The number of rotatable bonds is 3. The molecule has 1 aromatic carbocycles. The molecule has 0 bridgehead atoms. The van der Waals surface area contributed by atoms with Crippen molar-refractivity contribution in [2.75, 3.05) is 5.32 Å². The third-order valence-electron chi connectivity index (χ3n) is 2.66. The number of benzene rings is 1. The average Bonchev–Trinajstić information content (AvgIpc) is 2.32. The van der Waals surface area contributed by atoms with E-state index >= 15 is 0 Å². The van der Waals surface area contributed by atoms with Gasteiger partial charge in [0.05, 0.1) is 0 Å². The van der Waals surface area contributed by atoms with Crippen molar-refractivity contribution >= 4 is 5.69 Å². The summed E-state index contributed by atoms with van der Waals surface area (Å²) < 4.78 is 13.1. The molecule has 1 N–H and O–H groups in total. The third kappa shape index (κ3) is 3.03. The Hall–Kier alpha value is -1.90. The predicted molar refractivity (Wildman–Crippen MR) is 67.4 cm³/mol. The van der Waals surface area contributed by atoms with Gasteiger partial charge in [0.15, 0.2) is 0 Å². The Morgan fingerprint density at radius 2 is 2.00 bits per heavy atom. The molecule has 3 heteroatoms. The van der Waals surface area contributed by atoms with Crippen molar-refractivity contribution in [2.24, 2.45) is 0 Å². The van der Waals surface area contributed by atoms with Crippen molar-refractivity contribution in [2.45, 2.75) is 20.4 Å². The molecule has 2 aromatic rings. The quantitative estimate of drug-likeness (QED) is 0.873. The molecule has 88 valence electrons. The zero-order chi connectivity index (χ0) is 12.3. The monoisotopic (exact) mass is 230 g/mol. The topological polar surface area (TPSA) is 24.9 Å². The SMILES string of the molecule is Cc1ccc(CNc2cc(F)ccc2C)cn1. The van der Waals surface area contributed by atoms with Crippen LogP contribution in [0, 0.1) is 19.7 Å². The van der Waals surface area contributed by atoms with E-state index < -0.39 is 0 Å². The van der Waals surface area contributed by atoms with E-state index in [1.807, 2.05) is 32.2 Å². The summed E-state index contributed by atoms with van der Waals surface area (Å²) in [6.45, 7) is 4.56. The van der Waals surface area contributed by atoms with Gasteiger partial charge in [-0.15, -0.1) is 0 Å². The lowest BCUT2D eigenvalue weighted by Crippen LogP contribution is -2.02. The molecule has 0 spiro atoms. The molecule has 17 heavy (non-hydrogen) atoms. The van der Waals surface area contributed by atoms with Gasteiger partial charge < -0.3 is 5.32 Å². The van der Waals surface area contributed by atoms with Gasteiger partial charge in [-0.25, -0.2) is 4.39 Å². The first kappa shape index (κ1) is 11.6. The Labute approximate surface area is 101 Å². The fourth-order valence-corrected chi connectivity index (χ4v) is 1.58. The highest BCUT2D eigenvalue weighted by Gasteiger charge is 2.00. The van der Waals surface area contributed by atoms with E-state index in [4.69, 9.17) is 0 Å². The van der Waals surface area contributed by atoms with Crippen LogP contribution in [-0.2, 0) is 6.54 Å². The predicted octanol–water partition coefficient (Wildman–Crippen LogP) is 3.45. The van der Waals surface area contributed by atoms with Crippen LogP contribution in [0.3, 0.4) is 0 Å². The Bertz CT molecular complexity index is 506. The number of hydrogen-bond donors (Lipinski definition) is 1. The number of nitrogens with one attached hydrogen (secondary N) is 1. The second-order valence-corrected chi connectivity index (χ2v) is 4.12. The van der Waals surface area contributed by atoms with Crippen molar-refractivity contribution in [1.29, 1.82) is 0 Å². The van der Waals surface area contributed by atoms with Crippen LogP contribution in [0.25, 0.3) is 0 Å². The summed E-state index contributed by atoms with van der Waals surface area (Å²) in [5.41, 5.74) is 3.94. The van der Waals surface area contributed by atoms with Gasteiger partial charge in [0.1, 0.15) is 5.82 Å². The highest BCUT2D eigenvalue weighted by atomic mass is 19.1. The fourth-order valence-electron chi connectivity index (χ4n) is 1.58. The molecule has 0 atom stereocenters. The van der Waals surface area contributed by atoms with Crippen LogP contribution in [0.1, 0.15) is 16.8 Å². The minimum absolute atomic E-state index is 0.222. The van der Waals surface area contributed by atoms with Gasteiger partial charge >= 0.3 is 0 Å². The van der Waals surface area contributed by atoms with E-state index in [1.165, 1.54) is 12.1 Å². The highest BCUT2D eigenvalue weighted by molar-refractivity contribution is 5.50. The van der Waals surface area contributed by atoms with Crippen LogP contribution in [0.15, 0.2) is 36.5 Å². The second-order valence-electron chi connectivity index (χ2n) is 4.12. The van der Waals surface area contributed by atoms with E-state index in [0.29, 0.717) is 6.54 Å². The van der Waals surface area contributed by atoms with E-state index in [9.17, 15) is 4.39 Å². The molecule has 0 aliphatic carbocycles. The number of aromatic nitrogens is 1. The molecule has 1 heterocycles.